The highest BCUT2D eigenvalue weighted by molar-refractivity contribution is 6.09. The topological polar surface area (TPSA) is 79.8 Å². The number of carbonyl (C=O) groups is 2. The maximum absolute atomic E-state index is 12.6. The number of carbonyl (C=O) groups excluding carboxylic acids is 2. The number of rotatable bonds is 6. The second-order valence-corrected chi connectivity index (χ2v) is 6.77. The summed E-state index contributed by atoms with van der Waals surface area (Å²) < 4.78 is 5.10. The van der Waals surface area contributed by atoms with Crippen LogP contribution in [0.4, 0.5) is 5.69 Å². The highest BCUT2D eigenvalue weighted by Gasteiger charge is 2.13. The van der Waals surface area contributed by atoms with E-state index in [1.807, 2.05) is 32.0 Å². The van der Waals surface area contributed by atoms with Crippen LogP contribution in [0.25, 0.3) is 0 Å². The van der Waals surface area contributed by atoms with Crippen molar-refractivity contribution >= 4 is 23.7 Å². The molecule has 0 spiro atoms. The summed E-state index contributed by atoms with van der Waals surface area (Å²) in [6.45, 7) is 4.06. The molecular formula is C24H23N3O3. The van der Waals surface area contributed by atoms with Gasteiger partial charge in [-0.25, -0.2) is 5.43 Å². The van der Waals surface area contributed by atoms with E-state index in [1.165, 1.54) is 5.56 Å². The molecule has 0 aliphatic carbocycles. The lowest BCUT2D eigenvalue weighted by Crippen LogP contribution is -2.21. The smallest absolute Gasteiger partial charge is 0.273 e. The van der Waals surface area contributed by atoms with Gasteiger partial charge in [-0.2, -0.15) is 5.10 Å². The number of nitrogens with one attached hydrogen (secondary N) is 2. The molecule has 2 N–H and O–H groups in total. The summed E-state index contributed by atoms with van der Waals surface area (Å²) in [4.78, 5) is 25.1. The molecule has 0 aliphatic heterocycles. The minimum absolute atomic E-state index is 0.316. The molecular weight excluding hydrogens is 378 g/mol. The predicted octanol–water partition coefficient (Wildman–Crippen LogP) is 4.33. The first-order valence-corrected chi connectivity index (χ1v) is 9.43. The van der Waals surface area contributed by atoms with E-state index in [0.717, 1.165) is 11.1 Å². The predicted molar refractivity (Wildman–Crippen MR) is 118 cm³/mol. The lowest BCUT2D eigenvalue weighted by molar-refractivity contribution is 0.0956. The van der Waals surface area contributed by atoms with Gasteiger partial charge >= 0.3 is 0 Å². The molecule has 0 atom stereocenters. The van der Waals surface area contributed by atoms with Crippen LogP contribution in [0.1, 0.15) is 37.4 Å². The summed E-state index contributed by atoms with van der Waals surface area (Å²) in [5, 5.41) is 6.81. The van der Waals surface area contributed by atoms with Crippen molar-refractivity contribution in [2.75, 3.05) is 12.4 Å². The quantitative estimate of drug-likeness (QED) is 0.477. The van der Waals surface area contributed by atoms with E-state index in [1.54, 1.807) is 61.9 Å². The van der Waals surface area contributed by atoms with Crippen LogP contribution < -0.4 is 15.5 Å². The summed E-state index contributed by atoms with van der Waals surface area (Å²) >= 11 is 0. The number of ether oxygens (including phenoxy) is 1. The molecule has 0 aliphatic rings. The third-order valence-electron chi connectivity index (χ3n) is 4.68. The second kappa shape index (κ2) is 9.52. The number of hydrogen-bond acceptors (Lipinski definition) is 4. The maximum Gasteiger partial charge on any atom is 0.273 e. The van der Waals surface area contributed by atoms with Gasteiger partial charge in [0.2, 0.25) is 0 Å². The van der Waals surface area contributed by atoms with Crippen LogP contribution in [-0.4, -0.2) is 25.1 Å². The highest BCUT2D eigenvalue weighted by Crippen LogP contribution is 2.18. The number of aryl methyl sites for hydroxylation is 2. The van der Waals surface area contributed by atoms with Crippen molar-refractivity contribution in [3.05, 3.63) is 94.5 Å². The lowest BCUT2D eigenvalue weighted by atomic mass is 10.1. The van der Waals surface area contributed by atoms with Crippen molar-refractivity contribution in [2.45, 2.75) is 13.8 Å². The number of hydrogen-bond donors (Lipinski definition) is 2. The number of benzene rings is 3. The van der Waals surface area contributed by atoms with Gasteiger partial charge < -0.3 is 10.1 Å². The third kappa shape index (κ3) is 5.11. The molecule has 3 aromatic carbocycles. The van der Waals surface area contributed by atoms with E-state index in [0.29, 0.717) is 22.6 Å². The van der Waals surface area contributed by atoms with Crippen LogP contribution in [0.5, 0.6) is 5.75 Å². The monoisotopic (exact) mass is 401 g/mol. The Hall–Kier alpha value is -3.93. The fourth-order valence-electron chi connectivity index (χ4n) is 2.80. The van der Waals surface area contributed by atoms with E-state index < -0.39 is 5.91 Å². The molecule has 6 heteroatoms. The molecule has 0 saturated heterocycles. The van der Waals surface area contributed by atoms with Gasteiger partial charge in [0.25, 0.3) is 11.8 Å². The molecule has 6 nitrogen and oxygen atoms in total. The average molecular weight is 401 g/mol. The Bertz CT molecular complexity index is 1090. The van der Waals surface area contributed by atoms with Gasteiger partial charge in [0.1, 0.15) is 5.75 Å². The van der Waals surface area contributed by atoms with Gasteiger partial charge in [-0.3, -0.25) is 9.59 Å². The summed E-state index contributed by atoms with van der Waals surface area (Å²) in [5.74, 6) is -0.0785. The average Bonchev–Trinajstić information content (AvgIpc) is 2.76. The second-order valence-electron chi connectivity index (χ2n) is 6.77. The highest BCUT2D eigenvalue weighted by atomic mass is 16.5. The first-order valence-electron chi connectivity index (χ1n) is 9.43. The largest absolute Gasteiger partial charge is 0.497 e. The normalized spacial score (nSPS) is 10.6. The van der Waals surface area contributed by atoms with Crippen LogP contribution in [-0.2, 0) is 0 Å². The van der Waals surface area contributed by atoms with Gasteiger partial charge in [-0.05, 0) is 66.9 Å². The van der Waals surface area contributed by atoms with Crippen LogP contribution in [0.15, 0.2) is 71.8 Å². The number of para-hydroxylation sites is 1. The van der Waals surface area contributed by atoms with E-state index in [9.17, 15) is 9.59 Å². The van der Waals surface area contributed by atoms with Gasteiger partial charge in [0.15, 0.2) is 0 Å². The van der Waals surface area contributed by atoms with Crippen molar-refractivity contribution in [1.29, 1.82) is 0 Å². The Labute approximate surface area is 175 Å². The zero-order valence-electron chi connectivity index (χ0n) is 17.1. The Morgan fingerprint density at radius 1 is 0.900 bits per heavy atom. The maximum atomic E-state index is 12.6. The third-order valence-corrected chi connectivity index (χ3v) is 4.68. The number of nitrogens with zero attached hydrogens (tertiary/aromatic N) is 1. The fourth-order valence-corrected chi connectivity index (χ4v) is 2.80. The van der Waals surface area contributed by atoms with Gasteiger partial charge in [-0.15, -0.1) is 0 Å². The molecule has 0 saturated carbocycles. The van der Waals surface area contributed by atoms with Gasteiger partial charge in [0, 0.05) is 5.56 Å². The van der Waals surface area contributed by atoms with Crippen LogP contribution in [0.2, 0.25) is 0 Å². The van der Waals surface area contributed by atoms with E-state index in [-0.39, 0.29) is 5.91 Å². The zero-order chi connectivity index (χ0) is 21.5. The van der Waals surface area contributed by atoms with E-state index in [4.69, 9.17) is 4.74 Å². The number of methoxy groups -OCH3 is 1. The van der Waals surface area contributed by atoms with Crippen molar-refractivity contribution in [1.82, 2.24) is 5.43 Å². The molecule has 0 aromatic heterocycles. The van der Waals surface area contributed by atoms with Crippen molar-refractivity contribution in [2.24, 2.45) is 5.10 Å². The van der Waals surface area contributed by atoms with Crippen molar-refractivity contribution in [3.63, 3.8) is 0 Å². The van der Waals surface area contributed by atoms with Crippen molar-refractivity contribution < 1.29 is 14.3 Å². The number of anilines is 1. The molecule has 30 heavy (non-hydrogen) atoms. The SMILES string of the molecule is COc1ccc(C(=O)Nc2ccccc2C(=O)N/N=C/c2ccc(C)c(C)c2)cc1. The summed E-state index contributed by atoms with van der Waals surface area (Å²) in [6, 6.07) is 19.4. The Kier molecular flexibility index (Phi) is 6.60. The summed E-state index contributed by atoms with van der Waals surface area (Å²) in [6.07, 6.45) is 1.59. The molecule has 0 bridgehead atoms. The first-order chi connectivity index (χ1) is 14.5. The molecule has 152 valence electrons. The molecule has 0 unspecified atom stereocenters. The van der Waals surface area contributed by atoms with Gasteiger partial charge in [0.05, 0.1) is 24.6 Å². The lowest BCUT2D eigenvalue weighted by Gasteiger charge is -2.10. The zero-order valence-corrected chi connectivity index (χ0v) is 17.1. The van der Waals surface area contributed by atoms with Gasteiger partial charge in [-0.1, -0.05) is 30.3 Å². The molecule has 0 fully saturated rings. The summed E-state index contributed by atoms with van der Waals surface area (Å²) in [7, 11) is 1.56. The fraction of sp³-hybridized carbons (Fsp3) is 0.125. The van der Waals surface area contributed by atoms with Crippen LogP contribution in [0.3, 0.4) is 0 Å². The standard InChI is InChI=1S/C24H23N3O3/c1-16-8-9-18(14-17(16)2)15-25-27-24(29)21-6-4-5-7-22(21)26-23(28)19-10-12-20(30-3)13-11-19/h4-15H,1-3H3,(H,26,28)(H,27,29)/b25-15+. The van der Waals surface area contributed by atoms with Crippen LogP contribution in [0, 0.1) is 13.8 Å². The number of amides is 2. The molecule has 3 rings (SSSR count). The van der Waals surface area contributed by atoms with Crippen LogP contribution >= 0.6 is 0 Å². The Balaban J connectivity index is 1.70. The minimum Gasteiger partial charge on any atom is -0.497 e. The molecule has 3 aromatic rings. The summed E-state index contributed by atoms with van der Waals surface area (Å²) in [5.41, 5.74) is 6.92. The first kappa shape index (κ1) is 20.8. The Morgan fingerprint density at radius 3 is 2.33 bits per heavy atom. The Morgan fingerprint density at radius 2 is 1.63 bits per heavy atom. The molecule has 0 heterocycles. The number of hydrazone groups is 1. The molecule has 2 amide bonds. The minimum atomic E-state index is -0.416. The van der Waals surface area contributed by atoms with Crippen molar-refractivity contribution in [3.8, 4) is 5.75 Å². The molecule has 0 radical (unpaired) electrons. The van der Waals surface area contributed by atoms with E-state index >= 15 is 0 Å². The van der Waals surface area contributed by atoms with E-state index in [2.05, 4.69) is 15.8 Å².